The SMILES string of the molecule is CN(CCC(=O)O)C(=O)C1CSCN1C(=O)c1ccccc1. The third kappa shape index (κ3) is 3.79. The van der Waals surface area contributed by atoms with Crippen molar-refractivity contribution in [3.8, 4) is 0 Å². The zero-order chi connectivity index (χ0) is 16.1. The molecule has 0 aliphatic carbocycles. The number of hydrogen-bond donors (Lipinski definition) is 1. The fourth-order valence-corrected chi connectivity index (χ4v) is 3.37. The smallest absolute Gasteiger partial charge is 0.305 e. The molecule has 1 aliphatic heterocycles. The number of rotatable bonds is 5. The molecule has 1 heterocycles. The lowest BCUT2D eigenvalue weighted by atomic mass is 10.1. The minimum Gasteiger partial charge on any atom is -0.481 e. The Bertz CT molecular complexity index is 564. The first-order valence-electron chi connectivity index (χ1n) is 6.91. The summed E-state index contributed by atoms with van der Waals surface area (Å²) in [5.41, 5.74) is 0.552. The van der Waals surface area contributed by atoms with Gasteiger partial charge in [-0.1, -0.05) is 18.2 Å². The van der Waals surface area contributed by atoms with Crippen LogP contribution in [0.5, 0.6) is 0 Å². The molecule has 1 aromatic carbocycles. The topological polar surface area (TPSA) is 77.9 Å². The van der Waals surface area contributed by atoms with Gasteiger partial charge in [0.1, 0.15) is 6.04 Å². The molecule has 2 rings (SSSR count). The fraction of sp³-hybridized carbons (Fsp3) is 0.400. The van der Waals surface area contributed by atoms with Crippen LogP contribution in [0.25, 0.3) is 0 Å². The van der Waals surface area contributed by atoms with Gasteiger partial charge in [0.15, 0.2) is 0 Å². The number of hydrogen-bond acceptors (Lipinski definition) is 4. The Morgan fingerprint density at radius 1 is 1.32 bits per heavy atom. The third-order valence-electron chi connectivity index (χ3n) is 3.49. The van der Waals surface area contributed by atoms with Gasteiger partial charge in [-0.05, 0) is 12.1 Å². The number of carbonyl (C=O) groups excluding carboxylic acids is 2. The van der Waals surface area contributed by atoms with Gasteiger partial charge in [-0.3, -0.25) is 14.4 Å². The van der Waals surface area contributed by atoms with Crippen LogP contribution >= 0.6 is 11.8 Å². The van der Waals surface area contributed by atoms with Crippen molar-refractivity contribution in [3.63, 3.8) is 0 Å². The summed E-state index contributed by atoms with van der Waals surface area (Å²) in [6.45, 7) is 0.142. The molecule has 0 bridgehead atoms. The zero-order valence-corrected chi connectivity index (χ0v) is 13.1. The van der Waals surface area contributed by atoms with E-state index >= 15 is 0 Å². The molecule has 0 aromatic heterocycles. The molecule has 0 radical (unpaired) electrons. The van der Waals surface area contributed by atoms with E-state index in [-0.39, 0.29) is 24.8 Å². The van der Waals surface area contributed by atoms with Crippen LogP contribution in [0.15, 0.2) is 30.3 Å². The van der Waals surface area contributed by atoms with E-state index < -0.39 is 12.0 Å². The first-order valence-corrected chi connectivity index (χ1v) is 8.06. The number of nitrogens with zero attached hydrogens (tertiary/aromatic N) is 2. The average molecular weight is 322 g/mol. The van der Waals surface area contributed by atoms with Crippen LogP contribution in [0.1, 0.15) is 16.8 Å². The van der Waals surface area contributed by atoms with Gasteiger partial charge in [-0.25, -0.2) is 0 Å². The highest BCUT2D eigenvalue weighted by Crippen LogP contribution is 2.24. The van der Waals surface area contributed by atoms with E-state index in [1.165, 1.54) is 16.7 Å². The van der Waals surface area contributed by atoms with Crippen molar-refractivity contribution in [2.45, 2.75) is 12.5 Å². The summed E-state index contributed by atoms with van der Waals surface area (Å²) in [6, 6.07) is 8.31. The maximum Gasteiger partial charge on any atom is 0.305 e. The molecule has 1 atom stereocenters. The summed E-state index contributed by atoms with van der Waals surface area (Å²) < 4.78 is 0. The lowest BCUT2D eigenvalue weighted by molar-refractivity contribution is -0.139. The molecule has 1 N–H and O–H groups in total. The lowest BCUT2D eigenvalue weighted by Crippen LogP contribution is -2.48. The van der Waals surface area contributed by atoms with E-state index in [0.717, 1.165) is 0 Å². The molecule has 1 saturated heterocycles. The Labute approximate surface area is 133 Å². The van der Waals surface area contributed by atoms with Crippen molar-refractivity contribution >= 4 is 29.5 Å². The van der Waals surface area contributed by atoms with Gasteiger partial charge in [0.2, 0.25) is 5.91 Å². The van der Waals surface area contributed by atoms with Crippen molar-refractivity contribution in [1.82, 2.24) is 9.80 Å². The number of benzene rings is 1. The largest absolute Gasteiger partial charge is 0.481 e. The van der Waals surface area contributed by atoms with Crippen LogP contribution in [0.2, 0.25) is 0 Å². The Morgan fingerprint density at radius 2 is 2.00 bits per heavy atom. The summed E-state index contributed by atoms with van der Waals surface area (Å²) in [4.78, 5) is 38.5. The van der Waals surface area contributed by atoms with Gasteiger partial charge in [0.05, 0.1) is 12.3 Å². The van der Waals surface area contributed by atoms with E-state index in [1.807, 2.05) is 6.07 Å². The number of carboxylic acids is 1. The summed E-state index contributed by atoms with van der Waals surface area (Å²) in [6.07, 6.45) is -0.102. The van der Waals surface area contributed by atoms with Crippen LogP contribution < -0.4 is 0 Å². The summed E-state index contributed by atoms with van der Waals surface area (Å²) >= 11 is 1.52. The molecular weight excluding hydrogens is 304 g/mol. The maximum absolute atomic E-state index is 12.5. The standard InChI is InChI=1S/C15H18N2O4S/c1-16(8-7-13(18)19)15(21)12-9-22-10-17(12)14(20)11-5-3-2-4-6-11/h2-6,12H,7-10H2,1H3,(H,18,19). The minimum atomic E-state index is -0.947. The molecule has 0 spiro atoms. The summed E-state index contributed by atoms with van der Waals surface area (Å²) in [5.74, 6) is -0.324. The predicted molar refractivity (Wildman–Crippen MR) is 83.6 cm³/mol. The van der Waals surface area contributed by atoms with Crippen LogP contribution in [0.4, 0.5) is 0 Å². The van der Waals surface area contributed by atoms with Crippen molar-refractivity contribution in [1.29, 1.82) is 0 Å². The summed E-state index contributed by atoms with van der Waals surface area (Å²) in [5, 5.41) is 8.69. The Balaban J connectivity index is 2.05. The zero-order valence-electron chi connectivity index (χ0n) is 12.3. The Morgan fingerprint density at radius 3 is 2.64 bits per heavy atom. The minimum absolute atomic E-state index is 0.102. The molecular formula is C15H18N2O4S. The second-order valence-electron chi connectivity index (χ2n) is 5.06. The molecule has 1 unspecified atom stereocenters. The van der Waals surface area contributed by atoms with E-state index in [9.17, 15) is 14.4 Å². The molecule has 7 heteroatoms. The number of carboxylic acid groups (broad SMARTS) is 1. The van der Waals surface area contributed by atoms with Crippen LogP contribution in [0.3, 0.4) is 0 Å². The molecule has 1 fully saturated rings. The average Bonchev–Trinajstić information content (AvgIpc) is 3.01. The third-order valence-corrected chi connectivity index (χ3v) is 4.50. The Hall–Kier alpha value is -2.02. The normalized spacial score (nSPS) is 17.3. The highest BCUT2D eigenvalue weighted by atomic mass is 32.2. The highest BCUT2D eigenvalue weighted by molar-refractivity contribution is 7.99. The van der Waals surface area contributed by atoms with E-state index in [0.29, 0.717) is 17.2 Å². The molecule has 118 valence electrons. The number of carbonyl (C=O) groups is 3. The van der Waals surface area contributed by atoms with Gasteiger partial charge in [-0.15, -0.1) is 11.8 Å². The molecule has 1 aliphatic rings. The lowest BCUT2D eigenvalue weighted by Gasteiger charge is -2.27. The maximum atomic E-state index is 12.5. The quantitative estimate of drug-likeness (QED) is 0.879. The van der Waals surface area contributed by atoms with Gasteiger partial charge < -0.3 is 14.9 Å². The monoisotopic (exact) mass is 322 g/mol. The summed E-state index contributed by atoms with van der Waals surface area (Å²) in [7, 11) is 1.57. The Kier molecular flexibility index (Phi) is 5.43. The van der Waals surface area contributed by atoms with Crippen LogP contribution in [-0.2, 0) is 9.59 Å². The van der Waals surface area contributed by atoms with Gasteiger partial charge >= 0.3 is 5.97 Å². The molecule has 6 nitrogen and oxygen atoms in total. The van der Waals surface area contributed by atoms with E-state index in [1.54, 1.807) is 36.2 Å². The second-order valence-corrected chi connectivity index (χ2v) is 6.06. The van der Waals surface area contributed by atoms with E-state index in [4.69, 9.17) is 5.11 Å². The first-order chi connectivity index (χ1) is 10.5. The van der Waals surface area contributed by atoms with E-state index in [2.05, 4.69) is 0 Å². The van der Waals surface area contributed by atoms with Gasteiger partial charge in [0.25, 0.3) is 5.91 Å². The van der Waals surface area contributed by atoms with Crippen molar-refractivity contribution in [2.75, 3.05) is 25.2 Å². The number of thioether (sulfide) groups is 1. The number of amides is 2. The second kappa shape index (κ2) is 7.31. The predicted octanol–water partition coefficient (Wildman–Crippen LogP) is 1.13. The fourth-order valence-electron chi connectivity index (χ4n) is 2.22. The molecule has 22 heavy (non-hydrogen) atoms. The first kappa shape index (κ1) is 16.4. The van der Waals surface area contributed by atoms with Crippen LogP contribution in [0, 0.1) is 0 Å². The van der Waals surface area contributed by atoms with Gasteiger partial charge in [0, 0.05) is 24.9 Å². The van der Waals surface area contributed by atoms with Crippen molar-refractivity contribution in [3.05, 3.63) is 35.9 Å². The van der Waals surface area contributed by atoms with Crippen LogP contribution in [-0.4, -0.2) is 64.0 Å². The number of aliphatic carboxylic acids is 1. The van der Waals surface area contributed by atoms with Crippen molar-refractivity contribution < 1.29 is 19.5 Å². The molecule has 2 amide bonds. The van der Waals surface area contributed by atoms with Gasteiger partial charge in [-0.2, -0.15) is 0 Å². The highest BCUT2D eigenvalue weighted by Gasteiger charge is 2.36. The molecule has 1 aromatic rings. The van der Waals surface area contributed by atoms with Crippen molar-refractivity contribution in [2.24, 2.45) is 0 Å². The number of likely N-dealkylation sites (N-methyl/N-ethyl adjacent to an activating group) is 1. The molecule has 0 saturated carbocycles.